The predicted molar refractivity (Wildman–Crippen MR) is 35.6 cm³/mol. The van der Waals surface area contributed by atoms with Gasteiger partial charge in [-0.05, 0) is 0 Å². The highest BCUT2D eigenvalue weighted by molar-refractivity contribution is 5.13. The van der Waals surface area contributed by atoms with Crippen LogP contribution in [0.3, 0.4) is 0 Å². The van der Waals surface area contributed by atoms with Crippen LogP contribution in [-0.2, 0) is 0 Å². The van der Waals surface area contributed by atoms with Crippen molar-refractivity contribution in [2.45, 2.75) is 25.7 Å². The van der Waals surface area contributed by atoms with Crippen molar-refractivity contribution in [3.8, 4) is 0 Å². The van der Waals surface area contributed by atoms with E-state index in [-0.39, 0.29) is 12.8 Å². The fraction of sp³-hybridized carbons (Fsp3) is 0.714. The molecule has 2 N–H and O–H groups in total. The van der Waals surface area contributed by atoms with Gasteiger partial charge in [-0.25, -0.2) is 8.78 Å². The molecule has 1 saturated carbocycles. The van der Waals surface area contributed by atoms with E-state index in [1.54, 1.807) is 6.92 Å². The molecule has 0 heterocycles. The summed E-state index contributed by atoms with van der Waals surface area (Å²) in [5, 5.41) is 0. The summed E-state index contributed by atoms with van der Waals surface area (Å²) in [6.07, 6.45) is -0.287. The van der Waals surface area contributed by atoms with E-state index < -0.39 is 11.3 Å². The first-order chi connectivity index (χ1) is 4.36. The SMILES string of the molecule is C=C(N)C1(C)CC(F)(F)C1. The molecule has 0 aliphatic heterocycles. The summed E-state index contributed by atoms with van der Waals surface area (Å²) >= 11 is 0. The van der Waals surface area contributed by atoms with Crippen molar-refractivity contribution in [3.05, 3.63) is 12.3 Å². The van der Waals surface area contributed by atoms with Crippen LogP contribution in [0.4, 0.5) is 8.78 Å². The molecule has 58 valence electrons. The molecule has 0 radical (unpaired) electrons. The Morgan fingerprint density at radius 3 is 2.00 bits per heavy atom. The molecule has 0 atom stereocenters. The summed E-state index contributed by atoms with van der Waals surface area (Å²) in [7, 11) is 0. The molecular formula is C7H11F2N. The van der Waals surface area contributed by atoms with Gasteiger partial charge in [-0.15, -0.1) is 0 Å². The molecule has 0 unspecified atom stereocenters. The fourth-order valence-electron chi connectivity index (χ4n) is 1.32. The van der Waals surface area contributed by atoms with Crippen molar-refractivity contribution in [1.82, 2.24) is 0 Å². The van der Waals surface area contributed by atoms with E-state index in [1.807, 2.05) is 0 Å². The summed E-state index contributed by atoms with van der Waals surface area (Å²) in [6.45, 7) is 5.17. The molecule has 0 aromatic heterocycles. The van der Waals surface area contributed by atoms with E-state index in [0.717, 1.165) is 0 Å². The van der Waals surface area contributed by atoms with Crippen molar-refractivity contribution in [2.75, 3.05) is 0 Å². The highest BCUT2D eigenvalue weighted by Crippen LogP contribution is 2.53. The van der Waals surface area contributed by atoms with E-state index in [4.69, 9.17) is 5.73 Å². The zero-order valence-corrected chi connectivity index (χ0v) is 5.95. The first-order valence-electron chi connectivity index (χ1n) is 3.18. The Labute approximate surface area is 58.9 Å². The fourth-order valence-corrected chi connectivity index (χ4v) is 1.32. The van der Waals surface area contributed by atoms with Crippen molar-refractivity contribution in [3.63, 3.8) is 0 Å². The first kappa shape index (κ1) is 7.51. The smallest absolute Gasteiger partial charge is 0.250 e. The number of nitrogens with two attached hydrogens (primary N) is 1. The lowest BCUT2D eigenvalue weighted by atomic mass is 9.66. The summed E-state index contributed by atoms with van der Waals surface area (Å²) in [5.74, 6) is -2.50. The second kappa shape index (κ2) is 1.71. The molecule has 0 aromatic carbocycles. The summed E-state index contributed by atoms with van der Waals surface area (Å²) in [6, 6.07) is 0. The molecule has 1 aliphatic carbocycles. The lowest BCUT2D eigenvalue weighted by molar-refractivity contribution is -0.139. The number of allylic oxidation sites excluding steroid dienone is 1. The number of alkyl halides is 2. The van der Waals surface area contributed by atoms with Gasteiger partial charge in [0.15, 0.2) is 0 Å². The topological polar surface area (TPSA) is 26.0 Å². The van der Waals surface area contributed by atoms with Gasteiger partial charge in [0, 0.05) is 24.0 Å². The van der Waals surface area contributed by atoms with E-state index in [2.05, 4.69) is 6.58 Å². The number of hydrogen-bond acceptors (Lipinski definition) is 1. The lowest BCUT2D eigenvalue weighted by Crippen LogP contribution is -2.46. The Hall–Kier alpha value is -0.600. The summed E-state index contributed by atoms with van der Waals surface area (Å²) < 4.78 is 24.6. The van der Waals surface area contributed by atoms with E-state index in [9.17, 15) is 8.78 Å². The molecule has 3 heteroatoms. The third-order valence-electron chi connectivity index (χ3n) is 2.07. The maximum absolute atomic E-state index is 12.3. The quantitative estimate of drug-likeness (QED) is 0.602. The Bertz CT molecular complexity index is 166. The Balaban J connectivity index is 2.58. The normalized spacial score (nSPS) is 27.1. The van der Waals surface area contributed by atoms with Crippen LogP contribution in [0.25, 0.3) is 0 Å². The van der Waals surface area contributed by atoms with Crippen LogP contribution in [0.15, 0.2) is 12.3 Å². The minimum Gasteiger partial charge on any atom is -0.402 e. The van der Waals surface area contributed by atoms with E-state index >= 15 is 0 Å². The highest BCUT2D eigenvalue weighted by Gasteiger charge is 2.54. The summed E-state index contributed by atoms with van der Waals surface area (Å²) in [4.78, 5) is 0. The second-order valence-electron chi connectivity index (χ2n) is 3.30. The van der Waals surface area contributed by atoms with Crippen molar-refractivity contribution in [1.29, 1.82) is 0 Å². The zero-order chi connectivity index (χ0) is 7.99. The third kappa shape index (κ3) is 1.00. The molecular weight excluding hydrogens is 136 g/mol. The van der Waals surface area contributed by atoms with Gasteiger partial charge in [-0.3, -0.25) is 0 Å². The van der Waals surface area contributed by atoms with Crippen molar-refractivity contribution < 1.29 is 8.78 Å². The molecule has 0 amide bonds. The van der Waals surface area contributed by atoms with Crippen molar-refractivity contribution in [2.24, 2.45) is 11.1 Å². The van der Waals surface area contributed by atoms with Crippen LogP contribution < -0.4 is 5.73 Å². The molecule has 10 heavy (non-hydrogen) atoms. The Kier molecular flexibility index (Phi) is 1.28. The molecule has 0 bridgehead atoms. The number of halogens is 2. The lowest BCUT2D eigenvalue weighted by Gasteiger charge is -2.44. The monoisotopic (exact) mass is 147 g/mol. The van der Waals surface area contributed by atoms with Gasteiger partial charge in [0.25, 0.3) is 0 Å². The maximum atomic E-state index is 12.3. The van der Waals surface area contributed by atoms with Crippen LogP contribution in [0, 0.1) is 5.41 Å². The minimum absolute atomic E-state index is 0.144. The van der Waals surface area contributed by atoms with Gasteiger partial charge in [-0.1, -0.05) is 13.5 Å². The molecule has 1 nitrogen and oxygen atoms in total. The second-order valence-corrected chi connectivity index (χ2v) is 3.30. The first-order valence-corrected chi connectivity index (χ1v) is 3.18. The van der Waals surface area contributed by atoms with Crippen LogP contribution in [0.1, 0.15) is 19.8 Å². The number of rotatable bonds is 1. The molecule has 1 fully saturated rings. The largest absolute Gasteiger partial charge is 0.402 e. The molecule has 1 rings (SSSR count). The minimum atomic E-state index is -2.50. The van der Waals surface area contributed by atoms with Gasteiger partial charge in [0.1, 0.15) is 0 Å². The van der Waals surface area contributed by atoms with Crippen molar-refractivity contribution >= 4 is 0 Å². The van der Waals surface area contributed by atoms with Gasteiger partial charge in [0.2, 0.25) is 5.92 Å². The Morgan fingerprint density at radius 2 is 1.90 bits per heavy atom. The van der Waals surface area contributed by atoms with E-state index in [1.165, 1.54) is 0 Å². The maximum Gasteiger partial charge on any atom is 0.250 e. The third-order valence-corrected chi connectivity index (χ3v) is 2.07. The summed E-state index contributed by atoms with van der Waals surface area (Å²) in [5.41, 5.74) is 5.19. The van der Waals surface area contributed by atoms with Gasteiger partial charge < -0.3 is 5.73 Å². The van der Waals surface area contributed by atoms with Gasteiger partial charge in [0.05, 0.1) is 0 Å². The zero-order valence-electron chi connectivity index (χ0n) is 5.95. The number of hydrogen-bond donors (Lipinski definition) is 1. The van der Waals surface area contributed by atoms with Crippen LogP contribution in [-0.4, -0.2) is 5.92 Å². The average molecular weight is 147 g/mol. The van der Waals surface area contributed by atoms with Crippen LogP contribution in [0.2, 0.25) is 0 Å². The van der Waals surface area contributed by atoms with Gasteiger partial charge in [-0.2, -0.15) is 0 Å². The molecule has 0 aromatic rings. The highest BCUT2D eigenvalue weighted by atomic mass is 19.3. The van der Waals surface area contributed by atoms with E-state index in [0.29, 0.717) is 5.70 Å². The standard InChI is InChI=1S/C7H11F2N/c1-5(10)6(2)3-7(8,9)4-6/h1,3-4,10H2,2H3. The predicted octanol–water partition coefficient (Wildman–Crippen LogP) is 1.89. The molecule has 0 spiro atoms. The Morgan fingerprint density at radius 1 is 1.50 bits per heavy atom. The average Bonchev–Trinajstić information content (AvgIpc) is 1.59. The van der Waals surface area contributed by atoms with Crippen LogP contribution >= 0.6 is 0 Å². The van der Waals surface area contributed by atoms with Crippen LogP contribution in [0.5, 0.6) is 0 Å². The molecule has 0 saturated heterocycles. The molecule has 1 aliphatic rings. The van der Waals surface area contributed by atoms with Gasteiger partial charge >= 0.3 is 0 Å².